The fraction of sp³-hybridized carbons (Fsp3) is 0.458. The molecule has 0 aromatic heterocycles. The van der Waals surface area contributed by atoms with Gasteiger partial charge in [0.25, 0.3) is 0 Å². The summed E-state index contributed by atoms with van der Waals surface area (Å²) in [4.78, 5) is 11.5. The predicted octanol–water partition coefficient (Wildman–Crippen LogP) is 5.36. The molecule has 0 spiro atoms. The van der Waals surface area contributed by atoms with Crippen LogP contribution in [0, 0.1) is 0 Å². The van der Waals surface area contributed by atoms with Crippen LogP contribution in [0.1, 0.15) is 52.2 Å². The van der Waals surface area contributed by atoms with Gasteiger partial charge in [-0.1, -0.05) is 50.2 Å². The Morgan fingerprint density at radius 1 is 1.00 bits per heavy atom. The molecule has 5 heteroatoms. The van der Waals surface area contributed by atoms with E-state index in [1.807, 2.05) is 48.5 Å². The SMILES string of the molecule is CCCNC(C)(C)C.CCc1ccc(OCc2ccccc2)c(NC(=O)NC)c1. The number of carbonyl (C=O) groups excluding carboxylic acids is 1. The van der Waals surface area contributed by atoms with E-state index >= 15 is 0 Å². The number of hydrogen-bond donors (Lipinski definition) is 3. The van der Waals surface area contributed by atoms with Gasteiger partial charge in [-0.25, -0.2) is 4.79 Å². The molecule has 3 N–H and O–H groups in total. The number of anilines is 1. The monoisotopic (exact) mass is 399 g/mol. The second-order valence-corrected chi connectivity index (χ2v) is 7.84. The molecule has 0 fully saturated rings. The van der Waals surface area contributed by atoms with Crippen LogP contribution < -0.4 is 20.7 Å². The fourth-order valence-electron chi connectivity index (χ4n) is 2.44. The number of aryl methyl sites for hydroxylation is 1. The normalized spacial score (nSPS) is 10.6. The van der Waals surface area contributed by atoms with Gasteiger partial charge in [-0.2, -0.15) is 0 Å². The summed E-state index contributed by atoms with van der Waals surface area (Å²) >= 11 is 0. The number of ether oxygens (including phenoxy) is 1. The molecule has 0 radical (unpaired) electrons. The van der Waals surface area contributed by atoms with E-state index in [0.717, 1.165) is 24.1 Å². The minimum absolute atomic E-state index is 0.257. The van der Waals surface area contributed by atoms with Gasteiger partial charge in [-0.05, 0) is 63.4 Å². The van der Waals surface area contributed by atoms with Crippen LogP contribution in [0.15, 0.2) is 48.5 Å². The minimum atomic E-state index is -0.257. The summed E-state index contributed by atoms with van der Waals surface area (Å²) < 4.78 is 5.83. The average Bonchev–Trinajstić information content (AvgIpc) is 2.71. The van der Waals surface area contributed by atoms with E-state index in [0.29, 0.717) is 23.6 Å². The third-order valence-corrected chi connectivity index (χ3v) is 4.07. The van der Waals surface area contributed by atoms with E-state index in [4.69, 9.17) is 4.74 Å². The lowest BCUT2D eigenvalue weighted by molar-refractivity contribution is 0.253. The van der Waals surface area contributed by atoms with Gasteiger partial charge in [0.2, 0.25) is 0 Å². The van der Waals surface area contributed by atoms with Crippen LogP contribution in [0.3, 0.4) is 0 Å². The maximum Gasteiger partial charge on any atom is 0.319 e. The average molecular weight is 400 g/mol. The van der Waals surface area contributed by atoms with Crippen LogP contribution >= 0.6 is 0 Å². The van der Waals surface area contributed by atoms with E-state index in [-0.39, 0.29) is 6.03 Å². The Labute approximate surface area is 176 Å². The number of carbonyl (C=O) groups is 1. The third kappa shape index (κ3) is 10.5. The molecule has 5 nitrogen and oxygen atoms in total. The van der Waals surface area contributed by atoms with Gasteiger partial charge in [-0.15, -0.1) is 0 Å². The maximum absolute atomic E-state index is 11.5. The summed E-state index contributed by atoms with van der Waals surface area (Å²) in [5.41, 5.74) is 3.22. The van der Waals surface area contributed by atoms with Crippen molar-refractivity contribution in [2.75, 3.05) is 18.9 Å². The van der Waals surface area contributed by atoms with Crippen molar-refractivity contribution < 1.29 is 9.53 Å². The molecule has 0 atom stereocenters. The number of benzene rings is 2. The third-order valence-electron chi connectivity index (χ3n) is 4.07. The summed E-state index contributed by atoms with van der Waals surface area (Å²) in [5, 5.41) is 8.71. The van der Waals surface area contributed by atoms with E-state index in [9.17, 15) is 4.79 Å². The van der Waals surface area contributed by atoms with Crippen molar-refractivity contribution in [1.82, 2.24) is 10.6 Å². The van der Waals surface area contributed by atoms with E-state index in [2.05, 4.69) is 50.6 Å². The highest BCUT2D eigenvalue weighted by atomic mass is 16.5. The summed E-state index contributed by atoms with van der Waals surface area (Å²) in [6.07, 6.45) is 2.12. The van der Waals surface area contributed by atoms with E-state index < -0.39 is 0 Å². The molecule has 0 saturated carbocycles. The van der Waals surface area contributed by atoms with Gasteiger partial charge < -0.3 is 20.7 Å². The molecule has 0 bridgehead atoms. The second-order valence-electron chi connectivity index (χ2n) is 7.84. The number of nitrogens with one attached hydrogen (secondary N) is 3. The molecule has 160 valence electrons. The number of hydrogen-bond acceptors (Lipinski definition) is 3. The highest BCUT2D eigenvalue weighted by Crippen LogP contribution is 2.27. The van der Waals surface area contributed by atoms with E-state index in [1.165, 1.54) is 6.42 Å². The Hall–Kier alpha value is -2.53. The molecule has 0 aliphatic heterocycles. The Bertz CT molecular complexity index is 725. The van der Waals surface area contributed by atoms with Gasteiger partial charge >= 0.3 is 6.03 Å². The number of urea groups is 1. The standard InChI is InChI=1S/C17H20N2O2.C7H17N/c1-3-13-9-10-16(15(11-13)19-17(20)18-2)21-12-14-7-5-4-6-8-14;1-5-6-8-7(2,3)4/h4-11H,3,12H2,1-2H3,(H2,18,19,20);8H,5-6H2,1-4H3. The quantitative estimate of drug-likeness (QED) is 0.587. The molecule has 0 aliphatic carbocycles. The Balaban J connectivity index is 0.000000447. The Kier molecular flexibility index (Phi) is 10.8. The van der Waals surface area contributed by atoms with Crippen LogP contribution in [0.5, 0.6) is 5.75 Å². The highest BCUT2D eigenvalue weighted by molar-refractivity contribution is 5.90. The van der Waals surface area contributed by atoms with Crippen LogP contribution in [0.4, 0.5) is 10.5 Å². The van der Waals surface area contributed by atoms with Gasteiger partial charge in [-0.3, -0.25) is 0 Å². The summed E-state index contributed by atoms with van der Waals surface area (Å²) in [6.45, 7) is 12.4. The van der Waals surface area contributed by atoms with Crippen molar-refractivity contribution in [3.63, 3.8) is 0 Å². The van der Waals surface area contributed by atoms with Crippen LogP contribution in [0.2, 0.25) is 0 Å². The summed E-state index contributed by atoms with van der Waals surface area (Å²) in [7, 11) is 1.59. The topological polar surface area (TPSA) is 62.4 Å². The van der Waals surface area contributed by atoms with E-state index in [1.54, 1.807) is 7.05 Å². The number of amides is 2. The molecule has 2 aromatic rings. The minimum Gasteiger partial charge on any atom is -0.487 e. The lowest BCUT2D eigenvalue weighted by Crippen LogP contribution is -2.36. The summed E-state index contributed by atoms with van der Waals surface area (Å²) in [6, 6.07) is 15.5. The van der Waals surface area contributed by atoms with Gasteiger partial charge in [0, 0.05) is 12.6 Å². The zero-order valence-corrected chi connectivity index (χ0v) is 18.8. The number of rotatable bonds is 7. The first kappa shape index (κ1) is 24.5. The van der Waals surface area contributed by atoms with Crippen LogP contribution in [0.25, 0.3) is 0 Å². The highest BCUT2D eigenvalue weighted by Gasteiger charge is 2.08. The lowest BCUT2D eigenvalue weighted by Gasteiger charge is -2.19. The van der Waals surface area contributed by atoms with Gasteiger partial charge in [0.05, 0.1) is 5.69 Å². The summed E-state index contributed by atoms with van der Waals surface area (Å²) in [5.74, 6) is 0.666. The lowest BCUT2D eigenvalue weighted by atomic mass is 10.1. The molecule has 2 rings (SSSR count). The maximum atomic E-state index is 11.5. The Morgan fingerprint density at radius 3 is 2.21 bits per heavy atom. The van der Waals surface area contributed by atoms with Crippen molar-refractivity contribution in [3.8, 4) is 5.75 Å². The first-order valence-electron chi connectivity index (χ1n) is 10.3. The zero-order valence-electron chi connectivity index (χ0n) is 18.8. The Morgan fingerprint density at radius 2 is 1.69 bits per heavy atom. The first-order valence-corrected chi connectivity index (χ1v) is 10.3. The van der Waals surface area contributed by atoms with Gasteiger partial charge in [0.15, 0.2) is 0 Å². The van der Waals surface area contributed by atoms with Crippen molar-refractivity contribution in [2.24, 2.45) is 0 Å². The second kappa shape index (κ2) is 12.8. The largest absolute Gasteiger partial charge is 0.487 e. The van der Waals surface area contributed by atoms with Crippen molar-refractivity contribution in [1.29, 1.82) is 0 Å². The molecule has 0 saturated heterocycles. The smallest absolute Gasteiger partial charge is 0.319 e. The zero-order chi connectivity index (χ0) is 21.7. The molecular weight excluding hydrogens is 362 g/mol. The molecule has 29 heavy (non-hydrogen) atoms. The predicted molar refractivity (Wildman–Crippen MR) is 123 cm³/mol. The van der Waals surface area contributed by atoms with Crippen molar-refractivity contribution in [2.45, 2.75) is 59.6 Å². The van der Waals surface area contributed by atoms with Gasteiger partial charge in [0.1, 0.15) is 12.4 Å². The molecular formula is C24H37N3O2. The molecule has 2 amide bonds. The molecule has 0 aliphatic rings. The fourth-order valence-corrected chi connectivity index (χ4v) is 2.44. The van der Waals surface area contributed by atoms with Crippen LogP contribution in [-0.2, 0) is 13.0 Å². The first-order chi connectivity index (χ1) is 13.8. The molecule has 0 unspecified atom stereocenters. The molecule has 2 aromatic carbocycles. The van der Waals surface area contributed by atoms with Crippen LogP contribution in [-0.4, -0.2) is 25.2 Å². The van der Waals surface area contributed by atoms with Crippen molar-refractivity contribution >= 4 is 11.7 Å². The van der Waals surface area contributed by atoms with Crippen molar-refractivity contribution in [3.05, 3.63) is 59.7 Å². The molecule has 0 heterocycles.